The average molecular weight is 958 g/mol. The SMILES string of the molecule is CN(C)CCCNc1ccc(S(=O)(=O)c2cc(C(N)=O)c(Oc3ccc4[nH]ccc4c3)c(S(=O)(=O)C(F)(F)Cl)c2N2CCN(CC3=C(c4ccc(Cl)cc4)CC(C)(C)CC3)CC2)cc1. The maximum Gasteiger partial charge on any atom is 0.427 e. The van der Waals surface area contributed by atoms with Crippen LogP contribution < -0.4 is 20.7 Å². The second-order valence-corrected chi connectivity index (χ2v) is 22.4. The van der Waals surface area contributed by atoms with Crippen molar-refractivity contribution in [3.05, 3.63) is 107 Å². The largest absolute Gasteiger partial charge is 0.455 e. The molecule has 7 rings (SSSR count). The van der Waals surface area contributed by atoms with Gasteiger partial charge in [-0.3, -0.25) is 9.69 Å². The number of benzene rings is 4. The minimum absolute atomic E-state index is 0.00836. The molecule has 0 saturated carbocycles. The van der Waals surface area contributed by atoms with Crippen LogP contribution in [0.1, 0.15) is 55.5 Å². The summed E-state index contributed by atoms with van der Waals surface area (Å²) in [4.78, 5) is 19.7. The number of nitrogens with one attached hydrogen (secondary N) is 2. The van der Waals surface area contributed by atoms with Gasteiger partial charge < -0.3 is 30.6 Å². The summed E-state index contributed by atoms with van der Waals surface area (Å²) in [7, 11) is -6.90. The topological polar surface area (TPSA) is 158 Å². The first-order valence-corrected chi connectivity index (χ1v) is 24.6. The predicted octanol–water partition coefficient (Wildman–Crippen LogP) is 9.26. The number of carbonyl (C=O) groups excluding carboxylic acids is 1. The van der Waals surface area contributed by atoms with E-state index in [-0.39, 0.29) is 29.1 Å². The number of anilines is 2. The molecule has 1 aliphatic heterocycles. The Kier molecular flexibility index (Phi) is 13.8. The van der Waals surface area contributed by atoms with Crippen molar-refractivity contribution in [2.24, 2.45) is 11.1 Å². The molecule has 0 spiro atoms. The monoisotopic (exact) mass is 956 g/mol. The molecule has 2 heterocycles. The lowest BCUT2D eigenvalue weighted by Crippen LogP contribution is -2.48. The maximum absolute atomic E-state index is 15.5. The molecule has 4 N–H and O–H groups in total. The van der Waals surface area contributed by atoms with Crippen LogP contribution in [0.3, 0.4) is 0 Å². The Morgan fingerprint density at radius 1 is 0.969 bits per heavy atom. The lowest BCUT2D eigenvalue weighted by molar-refractivity contribution is 0.0997. The lowest BCUT2D eigenvalue weighted by atomic mass is 9.72. The van der Waals surface area contributed by atoms with Crippen molar-refractivity contribution in [2.75, 3.05) is 70.1 Å². The number of amides is 1. The van der Waals surface area contributed by atoms with E-state index in [0.29, 0.717) is 47.8 Å². The van der Waals surface area contributed by atoms with E-state index in [9.17, 15) is 21.6 Å². The number of piperazine rings is 1. The van der Waals surface area contributed by atoms with Gasteiger partial charge in [0.2, 0.25) is 9.84 Å². The van der Waals surface area contributed by atoms with Crippen molar-refractivity contribution < 1.29 is 35.1 Å². The number of H-pyrrole nitrogens is 1. The third-order valence-electron chi connectivity index (χ3n) is 11.8. The predicted molar refractivity (Wildman–Crippen MR) is 250 cm³/mol. The van der Waals surface area contributed by atoms with Gasteiger partial charge in [-0.25, -0.2) is 16.8 Å². The number of aromatic nitrogens is 1. The van der Waals surface area contributed by atoms with Crippen LogP contribution in [0.4, 0.5) is 20.2 Å². The standard InChI is InChI=1S/C46H52Cl2F2N6O6S2/c1-45(2)18-16-32(38(28-45)30-6-8-33(47)9-7-30)29-55-22-24-56(25-23-55)41-40(63(58,59)36-13-10-34(11-14-36)52-19-5-21-54(3)4)27-37(44(51)57)42(43(41)64(60,61)46(48,49)50)62-35-12-15-39-31(26-35)17-20-53-39/h6-15,17,20,26-27,52-53H,5,16,18-19,21-25,28-29H2,1-4H3,(H2,51,57). The number of halogens is 4. The van der Waals surface area contributed by atoms with Crippen molar-refractivity contribution in [1.82, 2.24) is 14.8 Å². The third kappa shape index (κ3) is 10.2. The zero-order valence-corrected chi connectivity index (χ0v) is 39.2. The molecule has 5 aromatic rings. The second kappa shape index (κ2) is 18.6. The number of hydrogen-bond donors (Lipinski definition) is 3. The average Bonchev–Trinajstić information content (AvgIpc) is 3.71. The van der Waals surface area contributed by atoms with Gasteiger partial charge in [-0.15, -0.1) is 0 Å². The molecule has 1 saturated heterocycles. The minimum atomic E-state index is -6.03. The number of alkyl halides is 3. The Labute approximate surface area is 383 Å². The molecular formula is C46H52Cl2F2N6O6S2. The molecule has 1 amide bonds. The molecule has 4 aromatic carbocycles. The molecule has 0 bridgehead atoms. The highest BCUT2D eigenvalue weighted by Crippen LogP contribution is 2.50. The first-order valence-electron chi connectivity index (χ1n) is 20.9. The number of sulfone groups is 2. The van der Waals surface area contributed by atoms with E-state index >= 15 is 8.78 Å². The molecule has 2 aliphatic rings. The fraction of sp³-hybridized carbons (Fsp3) is 0.370. The fourth-order valence-electron chi connectivity index (χ4n) is 8.34. The summed E-state index contributed by atoms with van der Waals surface area (Å²) < 4.78 is 90.5. The van der Waals surface area contributed by atoms with E-state index < -0.39 is 57.1 Å². The number of carbonyl (C=O) groups is 1. The van der Waals surface area contributed by atoms with Gasteiger partial charge in [-0.2, -0.15) is 8.78 Å². The van der Waals surface area contributed by atoms with E-state index in [4.69, 9.17) is 33.7 Å². The Hall–Kier alpha value is -4.71. The van der Waals surface area contributed by atoms with Crippen LogP contribution in [0.25, 0.3) is 16.5 Å². The van der Waals surface area contributed by atoms with Crippen LogP contribution in [-0.4, -0.2) is 102 Å². The molecule has 0 unspecified atom stereocenters. The Morgan fingerprint density at radius 3 is 2.30 bits per heavy atom. The number of rotatable bonds is 16. The zero-order chi connectivity index (χ0) is 46.2. The highest BCUT2D eigenvalue weighted by molar-refractivity contribution is 7.94. The van der Waals surface area contributed by atoms with Gasteiger partial charge in [0.1, 0.15) is 10.6 Å². The van der Waals surface area contributed by atoms with Crippen LogP contribution >= 0.6 is 23.2 Å². The smallest absolute Gasteiger partial charge is 0.427 e. The summed E-state index contributed by atoms with van der Waals surface area (Å²) in [5.41, 5.74) is 9.39. The van der Waals surface area contributed by atoms with Gasteiger partial charge in [-0.1, -0.05) is 43.2 Å². The van der Waals surface area contributed by atoms with E-state index in [2.05, 4.69) is 29.0 Å². The van der Waals surface area contributed by atoms with Crippen LogP contribution in [-0.2, 0) is 19.7 Å². The first kappa shape index (κ1) is 47.3. The fourth-order valence-corrected chi connectivity index (χ4v) is 11.4. The lowest BCUT2D eigenvalue weighted by Gasteiger charge is -2.40. The number of nitrogens with two attached hydrogens (primary N) is 1. The van der Waals surface area contributed by atoms with Gasteiger partial charge in [0.05, 0.1) is 21.0 Å². The third-order valence-corrected chi connectivity index (χ3v) is 16.0. The second-order valence-electron chi connectivity index (χ2n) is 17.4. The van der Waals surface area contributed by atoms with Crippen LogP contribution in [0.2, 0.25) is 5.02 Å². The summed E-state index contributed by atoms with van der Waals surface area (Å²) in [6, 6.07) is 20.7. The van der Waals surface area contributed by atoms with Gasteiger partial charge in [0.25, 0.3) is 15.7 Å². The molecule has 0 atom stereocenters. The number of nitrogens with zero attached hydrogens (tertiary/aromatic N) is 3. The van der Waals surface area contributed by atoms with Crippen molar-refractivity contribution in [2.45, 2.75) is 58.9 Å². The Bertz CT molecular complexity index is 2790. The molecule has 1 fully saturated rings. The number of ether oxygens (including phenoxy) is 1. The van der Waals surface area contributed by atoms with Crippen molar-refractivity contribution in [3.63, 3.8) is 0 Å². The number of allylic oxidation sites excluding steroid dienone is 1. The molecule has 12 nitrogen and oxygen atoms in total. The summed E-state index contributed by atoms with van der Waals surface area (Å²) in [6.07, 6.45) is 5.12. The molecule has 0 radical (unpaired) electrons. The number of primary amides is 1. The van der Waals surface area contributed by atoms with E-state index in [1.165, 1.54) is 40.3 Å². The van der Waals surface area contributed by atoms with Gasteiger partial charge in [-0.05, 0) is 141 Å². The van der Waals surface area contributed by atoms with Crippen LogP contribution in [0.5, 0.6) is 11.5 Å². The molecule has 1 aromatic heterocycles. The van der Waals surface area contributed by atoms with Crippen molar-refractivity contribution in [3.8, 4) is 11.5 Å². The van der Waals surface area contributed by atoms with Crippen molar-refractivity contribution in [1.29, 1.82) is 0 Å². The number of fused-ring (bicyclic) bond motifs is 1. The quantitative estimate of drug-likeness (QED) is 0.0643. The molecule has 18 heteroatoms. The van der Waals surface area contributed by atoms with Gasteiger partial charge in [0, 0.05) is 67.1 Å². The number of hydrogen-bond acceptors (Lipinski definition) is 10. The highest BCUT2D eigenvalue weighted by Gasteiger charge is 2.50. The van der Waals surface area contributed by atoms with Crippen LogP contribution in [0, 0.1) is 5.41 Å². The van der Waals surface area contributed by atoms with E-state index in [0.717, 1.165) is 43.9 Å². The number of aromatic amines is 1. The Balaban J connectivity index is 1.34. The zero-order valence-electron chi connectivity index (χ0n) is 36.1. The van der Waals surface area contributed by atoms with Crippen molar-refractivity contribution >= 4 is 76.6 Å². The van der Waals surface area contributed by atoms with E-state index in [1.54, 1.807) is 30.5 Å². The van der Waals surface area contributed by atoms with Gasteiger partial charge in [0.15, 0.2) is 5.75 Å². The van der Waals surface area contributed by atoms with Gasteiger partial charge >= 0.3 is 4.71 Å². The molecule has 342 valence electrons. The Morgan fingerprint density at radius 2 is 1.66 bits per heavy atom. The highest BCUT2D eigenvalue weighted by atomic mass is 35.5. The maximum atomic E-state index is 15.5. The molecule has 64 heavy (non-hydrogen) atoms. The van der Waals surface area contributed by atoms with Crippen LogP contribution in [0.15, 0.2) is 105 Å². The minimum Gasteiger partial charge on any atom is -0.455 e. The summed E-state index contributed by atoms with van der Waals surface area (Å²) in [5, 5.41) is 4.49. The van der Waals surface area contributed by atoms with E-state index in [1.807, 2.05) is 43.3 Å². The summed E-state index contributed by atoms with van der Waals surface area (Å²) in [5.74, 6) is -2.24. The normalized spacial score (nSPS) is 16.4. The summed E-state index contributed by atoms with van der Waals surface area (Å²) in [6.45, 7) is 7.08. The summed E-state index contributed by atoms with van der Waals surface area (Å²) >= 11 is 11.7. The first-order chi connectivity index (χ1) is 30.1. The molecule has 1 aliphatic carbocycles. The molecular weight excluding hydrogens is 906 g/mol.